The highest BCUT2D eigenvalue weighted by atomic mass is 35.5. The molecule has 1 saturated carbocycles. The minimum absolute atomic E-state index is 0.0274. The Kier molecular flexibility index (Phi) is 5.58. The summed E-state index contributed by atoms with van der Waals surface area (Å²) in [5.41, 5.74) is -2.33. The first kappa shape index (κ1) is 21.5. The van der Waals surface area contributed by atoms with Gasteiger partial charge in [0.25, 0.3) is 11.6 Å². The average Bonchev–Trinajstić information content (AvgIpc) is 3.37. The molecule has 0 bridgehead atoms. The van der Waals surface area contributed by atoms with Gasteiger partial charge in [-0.25, -0.2) is 9.88 Å². The second kappa shape index (κ2) is 7.54. The zero-order chi connectivity index (χ0) is 21.7. The number of imide groups is 1. The van der Waals surface area contributed by atoms with E-state index < -0.39 is 60.8 Å². The fraction of sp³-hybridized carbons (Fsp3) is 0.312. The van der Waals surface area contributed by atoms with Crippen LogP contribution in [0, 0.1) is 23.0 Å². The van der Waals surface area contributed by atoms with Crippen LogP contribution in [0.5, 0.6) is 0 Å². The Morgan fingerprint density at radius 1 is 1.28 bits per heavy atom. The van der Waals surface area contributed by atoms with Crippen molar-refractivity contribution in [3.8, 4) is 0 Å². The number of rotatable bonds is 4. The summed E-state index contributed by atoms with van der Waals surface area (Å²) in [4.78, 5) is 39.0. The molecule has 1 heterocycles. The molecule has 7 nitrogen and oxygen atoms in total. The number of anilines is 1. The molecule has 2 amide bonds. The van der Waals surface area contributed by atoms with Gasteiger partial charge in [-0.3, -0.25) is 19.7 Å². The standard InChI is InChI=1S/C16H10Cl2F3N3O4S/c1-6-22-13(16(19,20)21)12(29-6)15(26)23(14(25)7-2-3-7)11-9(17)4-8(24(27)28)5-10(11)18/h4-5,7H,2-3H2,1H3. The van der Waals surface area contributed by atoms with E-state index in [0.717, 1.165) is 12.1 Å². The number of carbonyl (C=O) groups is 2. The van der Waals surface area contributed by atoms with Gasteiger partial charge < -0.3 is 0 Å². The molecule has 0 aliphatic heterocycles. The largest absolute Gasteiger partial charge is 0.435 e. The van der Waals surface area contributed by atoms with E-state index in [1.807, 2.05) is 0 Å². The number of nitrogens with zero attached hydrogens (tertiary/aromatic N) is 3. The van der Waals surface area contributed by atoms with Crippen molar-refractivity contribution >= 4 is 57.7 Å². The van der Waals surface area contributed by atoms with Crippen molar-refractivity contribution in [2.45, 2.75) is 25.9 Å². The number of aryl methyl sites for hydroxylation is 1. The number of halogens is 5. The lowest BCUT2D eigenvalue weighted by Gasteiger charge is -2.23. The zero-order valence-corrected chi connectivity index (χ0v) is 16.7. The summed E-state index contributed by atoms with van der Waals surface area (Å²) in [7, 11) is 0. The molecule has 0 saturated heterocycles. The van der Waals surface area contributed by atoms with Crippen molar-refractivity contribution in [2.75, 3.05) is 4.90 Å². The van der Waals surface area contributed by atoms with Crippen LogP contribution in [0.3, 0.4) is 0 Å². The van der Waals surface area contributed by atoms with E-state index in [2.05, 4.69) is 4.98 Å². The highest BCUT2D eigenvalue weighted by molar-refractivity contribution is 7.14. The number of carbonyl (C=O) groups excluding carboxylic acids is 2. The van der Waals surface area contributed by atoms with E-state index in [1.165, 1.54) is 6.92 Å². The number of nitro benzene ring substituents is 1. The van der Waals surface area contributed by atoms with Gasteiger partial charge in [-0.05, 0) is 19.8 Å². The van der Waals surface area contributed by atoms with Crippen LogP contribution in [0.25, 0.3) is 0 Å². The molecule has 13 heteroatoms. The third-order valence-electron chi connectivity index (χ3n) is 3.98. The van der Waals surface area contributed by atoms with E-state index in [0.29, 0.717) is 29.1 Å². The molecule has 3 rings (SSSR count). The first-order valence-corrected chi connectivity index (χ1v) is 9.55. The highest BCUT2D eigenvalue weighted by Gasteiger charge is 2.44. The Morgan fingerprint density at radius 3 is 2.28 bits per heavy atom. The highest BCUT2D eigenvalue weighted by Crippen LogP contribution is 2.43. The second-order valence-corrected chi connectivity index (χ2v) is 8.19. The second-order valence-electron chi connectivity index (χ2n) is 6.18. The smallest absolute Gasteiger partial charge is 0.274 e. The fourth-order valence-corrected chi connectivity index (χ4v) is 4.08. The van der Waals surface area contributed by atoms with E-state index >= 15 is 0 Å². The molecule has 0 unspecified atom stereocenters. The van der Waals surface area contributed by atoms with Gasteiger partial charge in [-0.1, -0.05) is 23.2 Å². The Labute approximate surface area is 175 Å². The molecule has 2 aromatic rings. The number of amides is 2. The van der Waals surface area contributed by atoms with Gasteiger partial charge in [-0.2, -0.15) is 13.2 Å². The summed E-state index contributed by atoms with van der Waals surface area (Å²) < 4.78 is 40.0. The average molecular weight is 468 g/mol. The van der Waals surface area contributed by atoms with Crippen LogP contribution in [0.15, 0.2) is 12.1 Å². The van der Waals surface area contributed by atoms with E-state index in [-0.39, 0.29) is 5.01 Å². The maximum atomic E-state index is 13.3. The SMILES string of the molecule is Cc1nc(C(F)(F)F)c(C(=O)N(C(=O)C2CC2)c2c(Cl)cc([N+](=O)[O-])cc2Cl)s1. The minimum Gasteiger partial charge on any atom is -0.274 e. The van der Waals surface area contributed by atoms with E-state index in [4.69, 9.17) is 23.2 Å². The van der Waals surface area contributed by atoms with Gasteiger partial charge in [0, 0.05) is 18.1 Å². The summed E-state index contributed by atoms with van der Waals surface area (Å²) >= 11 is 12.6. The van der Waals surface area contributed by atoms with Gasteiger partial charge >= 0.3 is 6.18 Å². The van der Waals surface area contributed by atoms with Crippen LogP contribution in [-0.4, -0.2) is 21.7 Å². The number of alkyl halides is 3. The minimum atomic E-state index is -4.92. The first-order valence-electron chi connectivity index (χ1n) is 7.98. The van der Waals surface area contributed by atoms with Crippen molar-refractivity contribution in [1.29, 1.82) is 0 Å². The molecule has 0 N–H and O–H groups in total. The van der Waals surface area contributed by atoms with Gasteiger partial charge in [0.1, 0.15) is 4.88 Å². The Hall–Kier alpha value is -2.24. The Morgan fingerprint density at radius 2 is 1.83 bits per heavy atom. The monoisotopic (exact) mass is 467 g/mol. The quantitative estimate of drug-likeness (QED) is 0.346. The molecule has 1 aliphatic carbocycles. The number of hydrogen-bond donors (Lipinski definition) is 0. The number of nitro groups is 1. The maximum Gasteiger partial charge on any atom is 0.435 e. The maximum absolute atomic E-state index is 13.3. The summed E-state index contributed by atoms with van der Waals surface area (Å²) in [6.07, 6.45) is -4.04. The molecule has 29 heavy (non-hydrogen) atoms. The number of benzene rings is 1. The Balaban J connectivity index is 2.17. The predicted octanol–water partition coefficient (Wildman–Crippen LogP) is 5.27. The molecule has 0 spiro atoms. The topological polar surface area (TPSA) is 93.4 Å². The summed E-state index contributed by atoms with van der Waals surface area (Å²) in [6.45, 7) is 1.29. The van der Waals surface area contributed by atoms with Crippen LogP contribution in [-0.2, 0) is 11.0 Å². The molecule has 1 aliphatic rings. The van der Waals surface area contributed by atoms with Crippen LogP contribution < -0.4 is 4.90 Å². The van der Waals surface area contributed by atoms with Crippen LogP contribution >= 0.6 is 34.5 Å². The van der Waals surface area contributed by atoms with E-state index in [9.17, 15) is 32.9 Å². The molecule has 0 radical (unpaired) electrons. The molecular formula is C16H10Cl2F3N3O4S. The molecular weight excluding hydrogens is 458 g/mol. The van der Waals surface area contributed by atoms with Crippen LogP contribution in [0.2, 0.25) is 10.0 Å². The molecule has 154 valence electrons. The Bertz CT molecular complexity index is 1010. The van der Waals surface area contributed by atoms with Crippen molar-refractivity contribution < 1.29 is 27.7 Å². The number of thiazole rings is 1. The summed E-state index contributed by atoms with van der Waals surface area (Å²) in [5.74, 6) is -2.66. The molecule has 1 aromatic carbocycles. The zero-order valence-electron chi connectivity index (χ0n) is 14.4. The van der Waals surface area contributed by atoms with Crippen molar-refractivity contribution in [3.63, 3.8) is 0 Å². The first-order chi connectivity index (χ1) is 13.4. The normalized spacial score (nSPS) is 14.0. The van der Waals surface area contributed by atoms with Gasteiger partial charge in [0.2, 0.25) is 5.91 Å². The number of hydrogen-bond acceptors (Lipinski definition) is 6. The molecule has 1 fully saturated rings. The predicted molar refractivity (Wildman–Crippen MR) is 99.5 cm³/mol. The van der Waals surface area contributed by atoms with E-state index in [1.54, 1.807) is 0 Å². The van der Waals surface area contributed by atoms with Crippen molar-refractivity contribution in [2.24, 2.45) is 5.92 Å². The summed E-state index contributed by atoms with van der Waals surface area (Å²) in [6, 6.07) is 1.73. The van der Waals surface area contributed by atoms with Gasteiger partial charge in [0.05, 0.1) is 25.7 Å². The number of aromatic nitrogens is 1. The molecule has 1 aromatic heterocycles. The summed E-state index contributed by atoms with van der Waals surface area (Å²) in [5, 5.41) is 10.1. The number of non-ortho nitro benzene ring substituents is 1. The van der Waals surface area contributed by atoms with Gasteiger partial charge in [-0.15, -0.1) is 11.3 Å². The lowest BCUT2D eigenvalue weighted by atomic mass is 10.2. The van der Waals surface area contributed by atoms with Crippen molar-refractivity contribution in [3.05, 3.63) is 47.9 Å². The van der Waals surface area contributed by atoms with Crippen LogP contribution in [0.1, 0.15) is 33.2 Å². The van der Waals surface area contributed by atoms with Crippen LogP contribution in [0.4, 0.5) is 24.5 Å². The lowest BCUT2D eigenvalue weighted by molar-refractivity contribution is -0.384. The fourth-order valence-electron chi connectivity index (χ4n) is 2.56. The van der Waals surface area contributed by atoms with Gasteiger partial charge in [0.15, 0.2) is 5.69 Å². The third-order valence-corrected chi connectivity index (χ3v) is 5.52. The molecule has 0 atom stereocenters. The lowest BCUT2D eigenvalue weighted by Crippen LogP contribution is -2.39. The third kappa shape index (κ3) is 4.21. The van der Waals surface area contributed by atoms with Crippen molar-refractivity contribution in [1.82, 2.24) is 4.98 Å².